The van der Waals surface area contributed by atoms with Gasteiger partial charge >= 0.3 is 0 Å². The average Bonchev–Trinajstić information content (AvgIpc) is 2.16. The Kier molecular flexibility index (Phi) is 4.29. The summed E-state index contributed by atoms with van der Waals surface area (Å²) < 4.78 is 0. The molecular weight excluding hydrogens is 188 g/mol. The van der Waals surface area contributed by atoms with Crippen molar-refractivity contribution in [2.45, 2.75) is 11.0 Å². The molecule has 0 fully saturated rings. The maximum absolute atomic E-state index is 9.08. The van der Waals surface area contributed by atoms with Crippen LogP contribution in [0.4, 0.5) is 0 Å². The maximum Gasteiger partial charge on any atom is 0.0996 e. The first-order valence-corrected chi connectivity index (χ1v) is 4.96. The summed E-state index contributed by atoms with van der Waals surface area (Å²) in [4.78, 5) is 1.14. The van der Waals surface area contributed by atoms with Crippen LogP contribution in [0.1, 0.15) is 0 Å². The van der Waals surface area contributed by atoms with Gasteiger partial charge in [-0.25, -0.2) is 0 Å². The third-order valence-corrected chi connectivity index (χ3v) is 2.65. The van der Waals surface area contributed by atoms with Crippen LogP contribution in [-0.2, 0) is 0 Å². The number of aliphatic hydroxyl groups is 1. The van der Waals surface area contributed by atoms with Crippen molar-refractivity contribution in [1.29, 1.82) is 0 Å². The quantitative estimate of drug-likeness (QED) is 0.589. The number of thiocarbonyl (C=S) groups is 1. The Hall–Kier alpha value is -0.380. The summed E-state index contributed by atoms with van der Waals surface area (Å²) in [5.74, 6) is 0.577. The predicted octanol–water partition coefficient (Wildman–Crippen LogP) is 2.02. The topological polar surface area (TPSA) is 20.2 Å². The van der Waals surface area contributed by atoms with E-state index >= 15 is 0 Å². The first-order valence-electron chi connectivity index (χ1n) is 3.56. The van der Waals surface area contributed by atoms with Gasteiger partial charge in [-0.05, 0) is 12.1 Å². The van der Waals surface area contributed by atoms with Gasteiger partial charge in [-0.2, -0.15) is 0 Å². The van der Waals surface area contributed by atoms with Crippen molar-refractivity contribution in [3.63, 3.8) is 0 Å². The van der Waals surface area contributed by atoms with Crippen LogP contribution in [0.5, 0.6) is 0 Å². The molecule has 0 aromatic heterocycles. The van der Waals surface area contributed by atoms with E-state index < -0.39 is 6.10 Å². The lowest BCUT2D eigenvalue weighted by molar-refractivity contribution is 0.273. The molecule has 0 saturated heterocycles. The summed E-state index contributed by atoms with van der Waals surface area (Å²) in [6, 6.07) is 9.90. The molecule has 1 atom stereocenters. The number of thioether (sulfide) groups is 1. The molecular formula is C9H9OS2. The Labute approximate surface area is 81.8 Å². The number of benzene rings is 1. The predicted molar refractivity (Wildman–Crippen MR) is 55.8 cm³/mol. The van der Waals surface area contributed by atoms with E-state index in [1.807, 2.05) is 30.3 Å². The van der Waals surface area contributed by atoms with E-state index in [1.54, 1.807) is 11.8 Å². The van der Waals surface area contributed by atoms with Gasteiger partial charge in [0, 0.05) is 10.6 Å². The number of hydrogen-bond donors (Lipinski definition) is 1. The molecule has 0 heterocycles. The van der Waals surface area contributed by atoms with Gasteiger partial charge < -0.3 is 5.11 Å². The van der Waals surface area contributed by atoms with Crippen LogP contribution in [-0.4, -0.2) is 22.3 Å². The Bertz CT molecular complexity index is 236. The number of rotatable bonds is 4. The minimum absolute atomic E-state index is 0.577. The lowest BCUT2D eigenvalue weighted by Crippen LogP contribution is -2.09. The van der Waals surface area contributed by atoms with Crippen molar-refractivity contribution in [2.24, 2.45) is 0 Å². The van der Waals surface area contributed by atoms with E-state index in [0.717, 1.165) is 4.90 Å². The molecule has 1 nitrogen and oxygen atoms in total. The minimum atomic E-state index is -0.606. The highest BCUT2D eigenvalue weighted by Crippen LogP contribution is 2.17. The molecule has 0 spiro atoms. The van der Waals surface area contributed by atoms with Gasteiger partial charge in [0.15, 0.2) is 0 Å². The van der Waals surface area contributed by atoms with E-state index in [-0.39, 0.29) is 0 Å². The van der Waals surface area contributed by atoms with E-state index in [4.69, 9.17) is 5.11 Å². The van der Waals surface area contributed by atoms with E-state index in [2.05, 4.69) is 17.6 Å². The molecule has 0 bridgehead atoms. The third kappa shape index (κ3) is 3.34. The zero-order valence-corrected chi connectivity index (χ0v) is 8.07. The fourth-order valence-corrected chi connectivity index (χ4v) is 1.70. The Morgan fingerprint density at radius 2 is 2.08 bits per heavy atom. The lowest BCUT2D eigenvalue weighted by atomic mass is 10.4. The highest BCUT2D eigenvalue weighted by atomic mass is 32.2. The van der Waals surface area contributed by atoms with Crippen LogP contribution in [0.25, 0.3) is 0 Å². The van der Waals surface area contributed by atoms with Crippen molar-refractivity contribution in [1.82, 2.24) is 0 Å². The molecule has 0 saturated carbocycles. The molecule has 12 heavy (non-hydrogen) atoms. The van der Waals surface area contributed by atoms with Crippen LogP contribution in [0.3, 0.4) is 0 Å². The summed E-state index contributed by atoms with van der Waals surface area (Å²) >= 11 is 6.05. The van der Waals surface area contributed by atoms with Crippen LogP contribution in [0.2, 0.25) is 0 Å². The Morgan fingerprint density at radius 1 is 1.42 bits per heavy atom. The van der Waals surface area contributed by atoms with Crippen LogP contribution in [0, 0.1) is 0 Å². The monoisotopic (exact) mass is 197 g/mol. The van der Waals surface area contributed by atoms with Crippen LogP contribution >= 0.6 is 24.0 Å². The molecule has 1 N–H and O–H groups in total. The Morgan fingerprint density at radius 3 is 2.67 bits per heavy atom. The van der Waals surface area contributed by atoms with Gasteiger partial charge in [-0.15, -0.1) is 11.8 Å². The van der Waals surface area contributed by atoms with E-state index in [9.17, 15) is 0 Å². The third-order valence-electron chi connectivity index (χ3n) is 1.29. The van der Waals surface area contributed by atoms with Crippen LogP contribution in [0.15, 0.2) is 35.2 Å². The number of aliphatic hydroxyl groups excluding tert-OH is 1. The van der Waals surface area contributed by atoms with Crippen LogP contribution < -0.4 is 0 Å². The van der Waals surface area contributed by atoms with Crippen molar-refractivity contribution in [2.75, 3.05) is 5.75 Å². The summed E-state index contributed by atoms with van der Waals surface area (Å²) in [5, 5.41) is 11.4. The molecule has 3 heteroatoms. The molecule has 0 amide bonds. The average molecular weight is 197 g/mol. The zero-order chi connectivity index (χ0) is 8.81. The SMILES string of the molecule is OC([C]=S)CSc1ccccc1. The second-order valence-corrected chi connectivity index (χ2v) is 3.59. The minimum Gasteiger partial charge on any atom is -0.387 e. The fourth-order valence-electron chi connectivity index (χ4n) is 0.726. The zero-order valence-electron chi connectivity index (χ0n) is 6.43. The van der Waals surface area contributed by atoms with Gasteiger partial charge in [0.05, 0.1) is 11.5 Å². The molecule has 1 radical (unpaired) electrons. The molecule has 1 unspecified atom stereocenters. The standard InChI is InChI=1S/C9H9OS2/c10-8(6-11)7-12-9-4-2-1-3-5-9/h1-5,8,10H,7H2. The molecule has 0 aliphatic carbocycles. The number of hydrogen-bond acceptors (Lipinski definition) is 3. The summed E-state index contributed by atoms with van der Waals surface area (Å²) in [6.07, 6.45) is -0.606. The summed E-state index contributed by atoms with van der Waals surface area (Å²) in [6.45, 7) is 0. The molecule has 1 aromatic carbocycles. The lowest BCUT2D eigenvalue weighted by Gasteiger charge is -2.02. The highest BCUT2D eigenvalue weighted by molar-refractivity contribution is 7.99. The summed E-state index contributed by atoms with van der Waals surface area (Å²) in [5.41, 5.74) is 0. The normalized spacial score (nSPS) is 12.4. The summed E-state index contributed by atoms with van der Waals surface area (Å²) in [7, 11) is 0. The van der Waals surface area contributed by atoms with Crippen molar-refractivity contribution in [3.05, 3.63) is 30.3 Å². The van der Waals surface area contributed by atoms with Crippen molar-refractivity contribution >= 4 is 29.3 Å². The maximum atomic E-state index is 9.08. The van der Waals surface area contributed by atoms with E-state index in [0.29, 0.717) is 5.75 Å². The Balaban J connectivity index is 2.38. The van der Waals surface area contributed by atoms with Gasteiger partial charge in [0.1, 0.15) is 0 Å². The molecule has 0 aliphatic heterocycles. The first kappa shape index (κ1) is 9.71. The first-order chi connectivity index (χ1) is 5.83. The smallest absolute Gasteiger partial charge is 0.0996 e. The van der Waals surface area contributed by atoms with Crippen molar-refractivity contribution < 1.29 is 5.11 Å². The fraction of sp³-hybridized carbons (Fsp3) is 0.222. The van der Waals surface area contributed by atoms with Crippen molar-refractivity contribution in [3.8, 4) is 0 Å². The molecule has 1 aromatic rings. The second kappa shape index (κ2) is 5.30. The van der Waals surface area contributed by atoms with Gasteiger partial charge in [-0.3, -0.25) is 0 Å². The van der Waals surface area contributed by atoms with Gasteiger partial charge in [0.2, 0.25) is 0 Å². The highest BCUT2D eigenvalue weighted by Gasteiger charge is 1.99. The molecule has 63 valence electrons. The second-order valence-electron chi connectivity index (χ2n) is 2.26. The largest absolute Gasteiger partial charge is 0.387 e. The van der Waals surface area contributed by atoms with Gasteiger partial charge in [-0.1, -0.05) is 30.4 Å². The molecule has 0 aliphatic rings. The molecule has 1 rings (SSSR count). The van der Waals surface area contributed by atoms with E-state index in [1.165, 1.54) is 0 Å². The van der Waals surface area contributed by atoms with Gasteiger partial charge in [0.25, 0.3) is 0 Å².